The van der Waals surface area contributed by atoms with Crippen LogP contribution in [0.2, 0.25) is 0 Å². The SMILES string of the molecule is CCOP(=O)(OCC)C1=CCCCCC1=O. The van der Waals surface area contributed by atoms with E-state index in [1.165, 1.54) is 0 Å². The Balaban J connectivity index is 2.95. The molecule has 0 amide bonds. The molecule has 0 heterocycles. The van der Waals surface area contributed by atoms with Gasteiger partial charge in [0.2, 0.25) is 0 Å². The molecule has 0 bridgehead atoms. The molecule has 0 aromatic carbocycles. The van der Waals surface area contributed by atoms with Crippen molar-refractivity contribution < 1.29 is 18.4 Å². The van der Waals surface area contributed by atoms with Gasteiger partial charge in [-0.2, -0.15) is 0 Å². The van der Waals surface area contributed by atoms with Gasteiger partial charge < -0.3 is 9.05 Å². The summed E-state index contributed by atoms with van der Waals surface area (Å²) >= 11 is 0. The van der Waals surface area contributed by atoms with Crippen LogP contribution in [0.3, 0.4) is 0 Å². The van der Waals surface area contributed by atoms with Crippen molar-refractivity contribution in [2.24, 2.45) is 0 Å². The van der Waals surface area contributed by atoms with Crippen molar-refractivity contribution in [3.8, 4) is 0 Å². The van der Waals surface area contributed by atoms with E-state index >= 15 is 0 Å². The van der Waals surface area contributed by atoms with Crippen LogP contribution in [-0.4, -0.2) is 19.0 Å². The normalized spacial score (nSPS) is 18.1. The van der Waals surface area contributed by atoms with E-state index in [0.29, 0.717) is 6.42 Å². The number of ketones is 1. The van der Waals surface area contributed by atoms with Crippen LogP contribution >= 0.6 is 7.60 Å². The maximum absolute atomic E-state index is 12.4. The lowest BCUT2D eigenvalue weighted by Crippen LogP contribution is -2.07. The van der Waals surface area contributed by atoms with Crippen molar-refractivity contribution in [1.29, 1.82) is 0 Å². The van der Waals surface area contributed by atoms with E-state index in [9.17, 15) is 9.36 Å². The third-order valence-corrected chi connectivity index (χ3v) is 4.59. The van der Waals surface area contributed by atoms with Crippen LogP contribution in [0.15, 0.2) is 11.4 Å². The fourth-order valence-corrected chi connectivity index (χ4v) is 3.49. The molecule has 0 saturated carbocycles. The second-order valence-corrected chi connectivity index (χ2v) is 5.58. The van der Waals surface area contributed by atoms with Gasteiger partial charge in [-0.15, -0.1) is 0 Å². The van der Waals surface area contributed by atoms with Gasteiger partial charge in [0.05, 0.1) is 13.2 Å². The Kier molecular flexibility index (Phi) is 5.39. The number of rotatable bonds is 5. The summed E-state index contributed by atoms with van der Waals surface area (Å²) in [4.78, 5) is 11.8. The molecule has 92 valence electrons. The molecule has 1 rings (SSSR count). The molecule has 0 unspecified atom stereocenters. The van der Waals surface area contributed by atoms with Crippen LogP contribution in [0.4, 0.5) is 0 Å². The minimum absolute atomic E-state index is 0.0947. The van der Waals surface area contributed by atoms with Crippen LogP contribution < -0.4 is 0 Å². The lowest BCUT2D eigenvalue weighted by atomic mass is 10.2. The highest BCUT2D eigenvalue weighted by Crippen LogP contribution is 2.57. The van der Waals surface area contributed by atoms with Gasteiger partial charge in [0, 0.05) is 6.42 Å². The van der Waals surface area contributed by atoms with Crippen LogP contribution in [0.1, 0.15) is 39.5 Å². The predicted molar refractivity (Wildman–Crippen MR) is 62.4 cm³/mol. The van der Waals surface area contributed by atoms with Crippen molar-refractivity contribution >= 4 is 13.4 Å². The highest BCUT2D eigenvalue weighted by Gasteiger charge is 2.34. The van der Waals surface area contributed by atoms with Gasteiger partial charge in [-0.3, -0.25) is 9.36 Å². The number of carbonyl (C=O) groups is 1. The van der Waals surface area contributed by atoms with Crippen molar-refractivity contribution in [1.82, 2.24) is 0 Å². The molecule has 4 nitrogen and oxygen atoms in total. The van der Waals surface area contributed by atoms with Gasteiger partial charge in [-0.1, -0.05) is 6.08 Å². The van der Waals surface area contributed by atoms with E-state index in [1.807, 2.05) is 0 Å². The molecule has 1 aliphatic rings. The topological polar surface area (TPSA) is 52.6 Å². The molecular formula is C11H19O4P. The molecule has 5 heteroatoms. The lowest BCUT2D eigenvalue weighted by Gasteiger charge is -2.18. The molecule has 0 spiro atoms. The second-order valence-electron chi connectivity index (χ2n) is 3.59. The molecule has 0 radical (unpaired) electrons. The maximum Gasteiger partial charge on any atom is 0.364 e. The summed E-state index contributed by atoms with van der Waals surface area (Å²) in [5.41, 5.74) is 0. The molecule has 0 fully saturated rings. The minimum Gasteiger partial charge on any atom is -0.305 e. The second kappa shape index (κ2) is 6.33. The van der Waals surface area contributed by atoms with E-state index in [1.54, 1.807) is 19.9 Å². The number of hydrogen-bond donors (Lipinski definition) is 0. The Bertz CT molecular complexity index is 312. The molecule has 16 heavy (non-hydrogen) atoms. The smallest absolute Gasteiger partial charge is 0.305 e. The number of allylic oxidation sites excluding steroid dienone is 2. The van der Waals surface area contributed by atoms with E-state index in [2.05, 4.69) is 0 Å². The molecule has 0 aromatic heterocycles. The highest BCUT2D eigenvalue weighted by atomic mass is 31.2. The van der Waals surface area contributed by atoms with Crippen molar-refractivity contribution in [2.75, 3.05) is 13.2 Å². The monoisotopic (exact) mass is 246 g/mol. The molecule has 0 atom stereocenters. The van der Waals surface area contributed by atoms with Gasteiger partial charge in [0.25, 0.3) is 0 Å². The Morgan fingerprint density at radius 1 is 1.25 bits per heavy atom. The quantitative estimate of drug-likeness (QED) is 0.698. The van der Waals surface area contributed by atoms with Crippen molar-refractivity contribution in [3.05, 3.63) is 11.4 Å². The average molecular weight is 246 g/mol. The van der Waals surface area contributed by atoms with E-state index in [0.717, 1.165) is 19.3 Å². The Morgan fingerprint density at radius 3 is 2.44 bits per heavy atom. The average Bonchev–Trinajstić information content (AvgIpc) is 2.44. The number of hydrogen-bond acceptors (Lipinski definition) is 4. The fourth-order valence-electron chi connectivity index (χ4n) is 1.69. The van der Waals surface area contributed by atoms with Gasteiger partial charge in [-0.05, 0) is 33.1 Å². The molecule has 1 aliphatic carbocycles. The third-order valence-electron chi connectivity index (χ3n) is 2.37. The summed E-state index contributed by atoms with van der Waals surface area (Å²) in [6, 6.07) is 0. The fraction of sp³-hybridized carbons (Fsp3) is 0.727. The van der Waals surface area contributed by atoms with E-state index in [4.69, 9.17) is 9.05 Å². The largest absolute Gasteiger partial charge is 0.364 e. The first-order valence-electron chi connectivity index (χ1n) is 5.77. The zero-order valence-corrected chi connectivity index (χ0v) is 10.8. The van der Waals surface area contributed by atoms with Crippen LogP contribution in [-0.2, 0) is 18.4 Å². The first kappa shape index (κ1) is 13.6. The summed E-state index contributed by atoms with van der Waals surface area (Å²) < 4.78 is 22.8. The summed E-state index contributed by atoms with van der Waals surface area (Å²) in [5, 5.41) is 0.258. The Hall–Kier alpha value is -0.440. The van der Waals surface area contributed by atoms with Crippen molar-refractivity contribution in [3.63, 3.8) is 0 Å². The van der Waals surface area contributed by atoms with Crippen LogP contribution in [0.5, 0.6) is 0 Å². The van der Waals surface area contributed by atoms with Gasteiger partial charge in [0.15, 0.2) is 5.78 Å². The van der Waals surface area contributed by atoms with Gasteiger partial charge in [-0.25, -0.2) is 0 Å². The zero-order chi connectivity index (χ0) is 12.0. The molecule has 0 saturated heterocycles. The van der Waals surface area contributed by atoms with Gasteiger partial charge in [0.1, 0.15) is 5.31 Å². The van der Waals surface area contributed by atoms with E-state index < -0.39 is 7.60 Å². The molecule has 0 aromatic rings. The Labute approximate surface area is 96.5 Å². The molecular weight excluding hydrogens is 227 g/mol. The van der Waals surface area contributed by atoms with Gasteiger partial charge >= 0.3 is 7.60 Å². The predicted octanol–water partition coefficient (Wildman–Crippen LogP) is 3.28. The Morgan fingerprint density at radius 2 is 1.88 bits per heavy atom. The standard InChI is InChI=1S/C11H19O4P/c1-3-14-16(13,15-4-2)11-9-7-5-6-8-10(11)12/h9H,3-8H2,1-2H3. The first-order valence-corrected chi connectivity index (χ1v) is 7.31. The highest BCUT2D eigenvalue weighted by molar-refractivity contribution is 7.60. The third kappa shape index (κ3) is 3.27. The van der Waals surface area contributed by atoms with Crippen molar-refractivity contribution in [2.45, 2.75) is 39.5 Å². The van der Waals surface area contributed by atoms with E-state index in [-0.39, 0.29) is 24.3 Å². The van der Waals surface area contributed by atoms with Crippen LogP contribution in [0.25, 0.3) is 0 Å². The zero-order valence-electron chi connectivity index (χ0n) is 9.90. The molecule has 0 aliphatic heterocycles. The minimum atomic E-state index is -3.37. The summed E-state index contributed by atoms with van der Waals surface area (Å²) in [6.45, 7) is 4.05. The van der Waals surface area contributed by atoms with Crippen LogP contribution in [0, 0.1) is 0 Å². The summed E-state index contributed by atoms with van der Waals surface area (Å²) in [6.07, 6.45) is 4.73. The summed E-state index contributed by atoms with van der Waals surface area (Å²) in [5.74, 6) is -0.0947. The maximum atomic E-state index is 12.4. The first-order chi connectivity index (χ1) is 7.64. The number of Topliss-reactive ketones (excluding diaryl/α,β-unsaturated/α-hetero) is 1. The molecule has 0 N–H and O–H groups in total. The number of carbonyl (C=O) groups excluding carboxylic acids is 1. The summed E-state index contributed by atoms with van der Waals surface area (Å²) in [7, 11) is -3.37. The lowest BCUT2D eigenvalue weighted by molar-refractivity contribution is -0.115.